The topological polar surface area (TPSA) is 52.5 Å². The van der Waals surface area contributed by atoms with E-state index in [4.69, 9.17) is 0 Å². The molecule has 3 heteroatoms. The highest BCUT2D eigenvalue weighted by molar-refractivity contribution is 5.89. The molecular formula is C18H23NO2. The summed E-state index contributed by atoms with van der Waals surface area (Å²) in [6.07, 6.45) is 0.526. The molecule has 0 aromatic heterocycles. The van der Waals surface area contributed by atoms with E-state index >= 15 is 0 Å². The second-order valence-electron chi connectivity index (χ2n) is 6.74. The van der Waals surface area contributed by atoms with Crippen molar-refractivity contribution in [2.75, 3.05) is 0 Å². The number of aliphatic hydroxyl groups is 1. The molecule has 1 fully saturated rings. The first kappa shape index (κ1) is 14.4. The Hall–Kier alpha value is -1.58. The van der Waals surface area contributed by atoms with E-state index in [-0.39, 0.29) is 23.6 Å². The van der Waals surface area contributed by atoms with Crippen molar-refractivity contribution in [3.05, 3.63) is 42.0 Å². The van der Waals surface area contributed by atoms with Crippen molar-refractivity contribution in [1.29, 1.82) is 0 Å². The average molecular weight is 285 g/mol. The molecular weight excluding hydrogens is 262 g/mol. The number of hydrogen-bond donors (Lipinski definition) is 3. The second-order valence-corrected chi connectivity index (χ2v) is 6.74. The fraction of sp³-hybridized carbons (Fsp3) is 0.444. The highest BCUT2D eigenvalue weighted by Gasteiger charge is 2.47. The molecule has 3 atom stereocenters. The molecule has 0 amide bonds. The predicted octanol–water partition coefficient (Wildman–Crippen LogP) is 3.36. The lowest BCUT2D eigenvalue weighted by atomic mass is 9.64. The Balaban J connectivity index is 1.85. The smallest absolute Gasteiger partial charge is 0.128 e. The van der Waals surface area contributed by atoms with Gasteiger partial charge < -0.3 is 15.5 Å². The molecule has 0 radical (unpaired) electrons. The molecule has 0 aliphatic heterocycles. The van der Waals surface area contributed by atoms with Gasteiger partial charge >= 0.3 is 0 Å². The van der Waals surface area contributed by atoms with Crippen LogP contribution in [0.25, 0.3) is 10.8 Å². The van der Waals surface area contributed by atoms with Crippen LogP contribution in [0, 0.1) is 5.41 Å². The summed E-state index contributed by atoms with van der Waals surface area (Å²) in [6, 6.07) is 12.2. The van der Waals surface area contributed by atoms with E-state index in [0.717, 1.165) is 22.8 Å². The fourth-order valence-corrected chi connectivity index (χ4v) is 3.20. The molecule has 2 aromatic rings. The lowest BCUT2D eigenvalue weighted by Crippen LogP contribution is -2.60. The largest absolute Gasteiger partial charge is 0.507 e. The number of rotatable bonds is 3. The first-order chi connectivity index (χ1) is 9.91. The molecule has 1 aliphatic rings. The van der Waals surface area contributed by atoms with Crippen LogP contribution < -0.4 is 5.32 Å². The highest BCUT2D eigenvalue weighted by Crippen LogP contribution is 2.42. The Kier molecular flexibility index (Phi) is 3.42. The minimum atomic E-state index is -0.243. The Morgan fingerprint density at radius 2 is 1.90 bits per heavy atom. The third-order valence-corrected chi connectivity index (χ3v) is 5.07. The molecule has 2 aromatic carbocycles. The van der Waals surface area contributed by atoms with E-state index in [1.807, 2.05) is 36.4 Å². The van der Waals surface area contributed by atoms with Gasteiger partial charge in [-0.15, -0.1) is 0 Å². The van der Waals surface area contributed by atoms with Crippen LogP contribution in [0.2, 0.25) is 0 Å². The normalized spacial score (nSPS) is 25.5. The van der Waals surface area contributed by atoms with Crippen molar-refractivity contribution in [3.63, 3.8) is 0 Å². The molecule has 1 saturated carbocycles. The zero-order valence-corrected chi connectivity index (χ0v) is 12.8. The van der Waals surface area contributed by atoms with Gasteiger partial charge in [0.25, 0.3) is 0 Å². The number of fused-ring (bicyclic) bond motifs is 1. The minimum absolute atomic E-state index is 0.0476. The molecule has 21 heavy (non-hydrogen) atoms. The van der Waals surface area contributed by atoms with Crippen LogP contribution in [-0.4, -0.2) is 22.4 Å². The van der Waals surface area contributed by atoms with Gasteiger partial charge in [0.15, 0.2) is 0 Å². The van der Waals surface area contributed by atoms with Crippen LogP contribution in [-0.2, 0) is 0 Å². The predicted molar refractivity (Wildman–Crippen MR) is 85.4 cm³/mol. The third-order valence-electron chi connectivity index (χ3n) is 5.07. The third kappa shape index (κ3) is 2.30. The van der Waals surface area contributed by atoms with E-state index in [2.05, 4.69) is 26.1 Å². The molecule has 0 bridgehead atoms. The standard InChI is InChI=1S/C18H23NO2/c1-11(19-15-10-16(20)18(15,2)3)13-9-8-12-6-4-5-7-14(12)17(13)21/h4-9,11,15-16,19-21H,10H2,1-3H3. The summed E-state index contributed by atoms with van der Waals surface area (Å²) in [5, 5.41) is 25.8. The molecule has 3 N–H and O–H groups in total. The van der Waals surface area contributed by atoms with Crippen molar-refractivity contribution in [3.8, 4) is 5.75 Å². The second kappa shape index (κ2) is 5.00. The van der Waals surface area contributed by atoms with E-state index in [0.29, 0.717) is 5.75 Å². The van der Waals surface area contributed by atoms with Crippen LogP contribution in [0.4, 0.5) is 0 Å². The molecule has 1 aliphatic carbocycles. The van der Waals surface area contributed by atoms with Gasteiger partial charge in [-0.2, -0.15) is 0 Å². The van der Waals surface area contributed by atoms with Crippen LogP contribution in [0.15, 0.2) is 36.4 Å². The Bertz CT molecular complexity index is 665. The van der Waals surface area contributed by atoms with Crippen LogP contribution in [0.3, 0.4) is 0 Å². The summed E-state index contributed by atoms with van der Waals surface area (Å²) in [6.45, 7) is 6.21. The zero-order chi connectivity index (χ0) is 15.2. The number of aromatic hydroxyl groups is 1. The number of nitrogens with one attached hydrogen (secondary N) is 1. The summed E-state index contributed by atoms with van der Waals surface area (Å²) in [5.41, 5.74) is 0.798. The molecule has 0 spiro atoms. The average Bonchev–Trinajstić information content (AvgIpc) is 2.47. The van der Waals surface area contributed by atoms with Crippen molar-refractivity contribution < 1.29 is 10.2 Å². The lowest BCUT2D eigenvalue weighted by molar-refractivity contribution is -0.0755. The van der Waals surface area contributed by atoms with Crippen molar-refractivity contribution >= 4 is 10.8 Å². The van der Waals surface area contributed by atoms with E-state index in [1.165, 1.54) is 0 Å². The van der Waals surface area contributed by atoms with Gasteiger partial charge in [0.05, 0.1) is 6.10 Å². The highest BCUT2D eigenvalue weighted by atomic mass is 16.3. The molecule has 3 nitrogen and oxygen atoms in total. The van der Waals surface area contributed by atoms with Crippen molar-refractivity contribution in [1.82, 2.24) is 5.32 Å². The van der Waals surface area contributed by atoms with Gasteiger partial charge in [0, 0.05) is 28.4 Å². The van der Waals surface area contributed by atoms with Crippen molar-refractivity contribution in [2.45, 2.75) is 45.4 Å². The molecule has 112 valence electrons. The van der Waals surface area contributed by atoms with Gasteiger partial charge in [-0.25, -0.2) is 0 Å². The van der Waals surface area contributed by atoms with Gasteiger partial charge in [-0.1, -0.05) is 50.2 Å². The van der Waals surface area contributed by atoms with Gasteiger partial charge in [-0.3, -0.25) is 0 Å². The summed E-state index contributed by atoms with van der Waals surface area (Å²) < 4.78 is 0. The monoisotopic (exact) mass is 285 g/mol. The molecule has 3 rings (SSSR count). The van der Waals surface area contributed by atoms with Gasteiger partial charge in [0.1, 0.15) is 5.75 Å². The first-order valence-corrected chi connectivity index (χ1v) is 7.56. The number of hydrogen-bond acceptors (Lipinski definition) is 3. The summed E-state index contributed by atoms with van der Waals surface area (Å²) in [5.74, 6) is 0.353. The summed E-state index contributed by atoms with van der Waals surface area (Å²) >= 11 is 0. The van der Waals surface area contributed by atoms with Crippen LogP contribution in [0.1, 0.15) is 38.8 Å². The van der Waals surface area contributed by atoms with Crippen LogP contribution in [0.5, 0.6) is 5.75 Å². The Morgan fingerprint density at radius 1 is 1.19 bits per heavy atom. The SMILES string of the molecule is CC(NC1CC(O)C1(C)C)c1ccc2ccccc2c1O. The summed E-state index contributed by atoms with van der Waals surface area (Å²) in [4.78, 5) is 0. The molecule has 0 saturated heterocycles. The number of benzene rings is 2. The van der Waals surface area contributed by atoms with E-state index in [1.54, 1.807) is 0 Å². The lowest BCUT2D eigenvalue weighted by Gasteiger charge is -2.50. The van der Waals surface area contributed by atoms with Crippen molar-refractivity contribution in [2.24, 2.45) is 5.41 Å². The molecule has 0 heterocycles. The van der Waals surface area contributed by atoms with Crippen LogP contribution >= 0.6 is 0 Å². The Labute approximate surface area is 125 Å². The fourth-order valence-electron chi connectivity index (χ4n) is 3.20. The maximum absolute atomic E-state index is 10.5. The quantitative estimate of drug-likeness (QED) is 0.810. The minimum Gasteiger partial charge on any atom is -0.507 e. The van der Waals surface area contributed by atoms with E-state index in [9.17, 15) is 10.2 Å². The van der Waals surface area contributed by atoms with Gasteiger partial charge in [-0.05, 0) is 18.7 Å². The Morgan fingerprint density at radius 3 is 2.57 bits per heavy atom. The maximum Gasteiger partial charge on any atom is 0.128 e. The zero-order valence-electron chi connectivity index (χ0n) is 12.8. The summed E-state index contributed by atoms with van der Waals surface area (Å²) in [7, 11) is 0. The van der Waals surface area contributed by atoms with Gasteiger partial charge in [0.2, 0.25) is 0 Å². The first-order valence-electron chi connectivity index (χ1n) is 7.56. The molecule has 3 unspecified atom stereocenters. The number of phenols is 1. The van der Waals surface area contributed by atoms with E-state index < -0.39 is 0 Å². The maximum atomic E-state index is 10.5. The number of phenolic OH excluding ortho intramolecular Hbond substituents is 1. The number of aliphatic hydroxyl groups excluding tert-OH is 1.